The Morgan fingerprint density at radius 3 is 2.83 bits per heavy atom. The van der Waals surface area contributed by atoms with Gasteiger partial charge in [0.1, 0.15) is 5.39 Å². The van der Waals surface area contributed by atoms with Crippen LogP contribution in [0.3, 0.4) is 0 Å². The van der Waals surface area contributed by atoms with Crippen LogP contribution in [0.25, 0.3) is 11.0 Å². The Balaban J connectivity index is 1.71. The molecule has 4 heterocycles. The Labute approximate surface area is 139 Å². The van der Waals surface area contributed by atoms with Crippen LogP contribution in [0.5, 0.6) is 0 Å². The first-order valence-corrected chi connectivity index (χ1v) is 8.16. The highest BCUT2D eigenvalue weighted by molar-refractivity contribution is 5.74. The first-order chi connectivity index (χ1) is 11.4. The number of anilines is 1. The van der Waals surface area contributed by atoms with Gasteiger partial charge in [0.15, 0.2) is 5.65 Å². The fourth-order valence-electron chi connectivity index (χ4n) is 3.19. The molecular formula is C16H21N7O. The van der Waals surface area contributed by atoms with Gasteiger partial charge in [0.25, 0.3) is 5.56 Å². The molecule has 0 spiro atoms. The topological polar surface area (TPSA) is 84.6 Å². The SMILES string of the molecule is CC(C)(C)n1ncc2c(=O)[nH]c(N3CCC(n4cccn4)C3)nc21. The maximum Gasteiger partial charge on any atom is 0.263 e. The number of H-pyrrole nitrogens is 1. The molecule has 3 aromatic rings. The second-order valence-electron chi connectivity index (χ2n) is 7.23. The minimum atomic E-state index is -0.234. The van der Waals surface area contributed by atoms with Crippen LogP contribution in [0.1, 0.15) is 33.2 Å². The smallest absolute Gasteiger partial charge is 0.263 e. The largest absolute Gasteiger partial charge is 0.340 e. The highest BCUT2D eigenvalue weighted by atomic mass is 16.1. The van der Waals surface area contributed by atoms with Crippen molar-refractivity contribution in [1.82, 2.24) is 29.5 Å². The molecule has 1 fully saturated rings. The molecule has 0 bridgehead atoms. The van der Waals surface area contributed by atoms with Crippen molar-refractivity contribution in [2.75, 3.05) is 18.0 Å². The molecule has 24 heavy (non-hydrogen) atoms. The van der Waals surface area contributed by atoms with Gasteiger partial charge in [-0.05, 0) is 33.3 Å². The first kappa shape index (κ1) is 14.9. The van der Waals surface area contributed by atoms with E-state index in [-0.39, 0.29) is 11.1 Å². The number of nitrogens with one attached hydrogen (secondary N) is 1. The number of hydrogen-bond donors (Lipinski definition) is 1. The number of hydrogen-bond acceptors (Lipinski definition) is 5. The molecule has 1 aliphatic heterocycles. The van der Waals surface area contributed by atoms with Gasteiger partial charge in [-0.3, -0.25) is 14.5 Å². The molecule has 1 saturated heterocycles. The minimum Gasteiger partial charge on any atom is -0.340 e. The summed E-state index contributed by atoms with van der Waals surface area (Å²) in [6.07, 6.45) is 6.33. The fraction of sp³-hybridized carbons (Fsp3) is 0.500. The summed E-state index contributed by atoms with van der Waals surface area (Å²) in [5, 5.41) is 9.19. The van der Waals surface area contributed by atoms with E-state index in [2.05, 4.69) is 20.1 Å². The second-order valence-corrected chi connectivity index (χ2v) is 7.23. The summed E-state index contributed by atoms with van der Waals surface area (Å²) in [6, 6.07) is 2.23. The van der Waals surface area contributed by atoms with Crippen LogP contribution in [0.15, 0.2) is 29.5 Å². The van der Waals surface area contributed by atoms with E-state index in [1.807, 2.05) is 42.4 Å². The molecule has 1 aliphatic rings. The third-order valence-electron chi connectivity index (χ3n) is 4.42. The van der Waals surface area contributed by atoms with Gasteiger partial charge >= 0.3 is 0 Å². The Hall–Kier alpha value is -2.64. The summed E-state index contributed by atoms with van der Waals surface area (Å²) in [6.45, 7) is 7.76. The van der Waals surface area contributed by atoms with Crippen molar-refractivity contribution in [3.05, 3.63) is 35.0 Å². The Morgan fingerprint density at radius 2 is 2.12 bits per heavy atom. The van der Waals surface area contributed by atoms with Crippen molar-refractivity contribution in [3.63, 3.8) is 0 Å². The zero-order chi connectivity index (χ0) is 16.9. The predicted molar refractivity (Wildman–Crippen MR) is 91.2 cm³/mol. The maximum atomic E-state index is 12.4. The summed E-state index contributed by atoms with van der Waals surface area (Å²) in [4.78, 5) is 22.1. The molecule has 0 aliphatic carbocycles. The average molecular weight is 327 g/mol. The molecule has 0 aromatic carbocycles. The third-order valence-corrected chi connectivity index (χ3v) is 4.42. The molecule has 0 amide bonds. The van der Waals surface area contributed by atoms with Gasteiger partial charge in [-0.25, -0.2) is 4.68 Å². The average Bonchev–Trinajstić information content (AvgIpc) is 3.25. The molecule has 0 saturated carbocycles. The highest BCUT2D eigenvalue weighted by Crippen LogP contribution is 2.25. The van der Waals surface area contributed by atoms with Gasteiger partial charge in [0, 0.05) is 25.5 Å². The Kier molecular flexibility index (Phi) is 3.22. The van der Waals surface area contributed by atoms with E-state index < -0.39 is 0 Å². The number of aromatic amines is 1. The summed E-state index contributed by atoms with van der Waals surface area (Å²) in [5.41, 5.74) is 0.249. The predicted octanol–water partition coefficient (Wildman–Crippen LogP) is 1.52. The van der Waals surface area contributed by atoms with E-state index in [0.29, 0.717) is 23.0 Å². The molecular weight excluding hydrogens is 306 g/mol. The van der Waals surface area contributed by atoms with Crippen LogP contribution in [-0.4, -0.2) is 42.6 Å². The fourth-order valence-corrected chi connectivity index (χ4v) is 3.19. The first-order valence-electron chi connectivity index (χ1n) is 8.16. The summed E-state index contributed by atoms with van der Waals surface area (Å²) in [7, 11) is 0. The van der Waals surface area contributed by atoms with E-state index in [0.717, 1.165) is 19.5 Å². The monoisotopic (exact) mass is 327 g/mol. The molecule has 126 valence electrons. The zero-order valence-electron chi connectivity index (χ0n) is 14.1. The van der Waals surface area contributed by atoms with Crippen LogP contribution in [0.4, 0.5) is 5.95 Å². The Bertz CT molecular complexity index is 916. The van der Waals surface area contributed by atoms with E-state index in [4.69, 9.17) is 4.98 Å². The molecule has 0 radical (unpaired) electrons. The highest BCUT2D eigenvalue weighted by Gasteiger charge is 2.27. The molecule has 8 nitrogen and oxygen atoms in total. The lowest BCUT2D eigenvalue weighted by molar-refractivity contribution is 0.366. The third kappa shape index (κ3) is 2.38. The van der Waals surface area contributed by atoms with Crippen LogP contribution < -0.4 is 10.5 Å². The molecule has 1 atom stereocenters. The standard InChI is InChI=1S/C16H21N7O/c1-16(2,3)23-13-12(9-18-23)14(24)20-15(19-13)21-8-5-11(10-21)22-7-4-6-17-22/h4,6-7,9,11H,5,8,10H2,1-3H3,(H,19,20,24). The number of aromatic nitrogens is 6. The van der Waals surface area contributed by atoms with E-state index in [1.54, 1.807) is 12.4 Å². The van der Waals surface area contributed by atoms with Gasteiger partial charge in [0.05, 0.1) is 17.8 Å². The van der Waals surface area contributed by atoms with Crippen LogP contribution >= 0.6 is 0 Å². The molecule has 4 rings (SSSR count). The van der Waals surface area contributed by atoms with Gasteiger partial charge in [0.2, 0.25) is 5.95 Å². The van der Waals surface area contributed by atoms with Crippen LogP contribution in [-0.2, 0) is 5.54 Å². The second kappa shape index (κ2) is 5.19. The normalized spacial score (nSPS) is 18.6. The van der Waals surface area contributed by atoms with Crippen molar-refractivity contribution >= 4 is 17.0 Å². The van der Waals surface area contributed by atoms with Gasteiger partial charge in [-0.2, -0.15) is 15.2 Å². The number of rotatable bonds is 2. The van der Waals surface area contributed by atoms with Gasteiger partial charge in [-0.1, -0.05) is 0 Å². The number of fused-ring (bicyclic) bond motifs is 1. The lowest BCUT2D eigenvalue weighted by Gasteiger charge is -2.21. The van der Waals surface area contributed by atoms with Crippen molar-refractivity contribution < 1.29 is 0 Å². The van der Waals surface area contributed by atoms with Crippen molar-refractivity contribution in [2.45, 2.75) is 38.8 Å². The van der Waals surface area contributed by atoms with Crippen molar-refractivity contribution in [2.24, 2.45) is 0 Å². The van der Waals surface area contributed by atoms with Crippen LogP contribution in [0.2, 0.25) is 0 Å². The zero-order valence-corrected chi connectivity index (χ0v) is 14.1. The lowest BCUT2D eigenvalue weighted by Crippen LogP contribution is -2.27. The van der Waals surface area contributed by atoms with Gasteiger partial charge in [-0.15, -0.1) is 0 Å². The Morgan fingerprint density at radius 1 is 1.29 bits per heavy atom. The molecule has 1 unspecified atom stereocenters. The molecule has 1 N–H and O–H groups in total. The van der Waals surface area contributed by atoms with Gasteiger partial charge < -0.3 is 4.90 Å². The quantitative estimate of drug-likeness (QED) is 0.771. The van der Waals surface area contributed by atoms with E-state index in [1.165, 1.54) is 0 Å². The molecule has 3 aromatic heterocycles. The maximum absolute atomic E-state index is 12.4. The van der Waals surface area contributed by atoms with Crippen molar-refractivity contribution in [1.29, 1.82) is 0 Å². The van der Waals surface area contributed by atoms with Crippen molar-refractivity contribution in [3.8, 4) is 0 Å². The number of nitrogens with zero attached hydrogens (tertiary/aromatic N) is 6. The minimum absolute atomic E-state index is 0.145. The summed E-state index contributed by atoms with van der Waals surface area (Å²) >= 11 is 0. The summed E-state index contributed by atoms with van der Waals surface area (Å²) < 4.78 is 3.78. The lowest BCUT2D eigenvalue weighted by atomic mass is 10.1. The van der Waals surface area contributed by atoms with Crippen LogP contribution in [0, 0.1) is 0 Å². The van der Waals surface area contributed by atoms with E-state index >= 15 is 0 Å². The van der Waals surface area contributed by atoms with E-state index in [9.17, 15) is 4.79 Å². The molecule has 8 heteroatoms. The summed E-state index contributed by atoms with van der Waals surface area (Å²) in [5.74, 6) is 0.605.